The number of rotatable bonds is 6. The number of aryl methyl sites for hydroxylation is 1. The molecule has 1 aromatic rings. The van der Waals surface area contributed by atoms with Crippen LogP contribution in [0.1, 0.15) is 31.4 Å². The summed E-state index contributed by atoms with van der Waals surface area (Å²) >= 11 is 0. The molecule has 19 heavy (non-hydrogen) atoms. The van der Waals surface area contributed by atoms with Crippen LogP contribution < -0.4 is 5.32 Å². The fourth-order valence-electron chi connectivity index (χ4n) is 1.92. The first-order valence-corrected chi connectivity index (χ1v) is 6.62. The molecule has 0 bridgehead atoms. The van der Waals surface area contributed by atoms with Crippen molar-refractivity contribution < 1.29 is 15.0 Å². The number of carbonyl (C=O) groups excluding carboxylic acids is 1. The van der Waals surface area contributed by atoms with Crippen molar-refractivity contribution >= 4 is 5.91 Å². The van der Waals surface area contributed by atoms with Crippen molar-refractivity contribution in [3.8, 4) is 5.75 Å². The van der Waals surface area contributed by atoms with Crippen molar-refractivity contribution in [2.45, 2.75) is 39.7 Å². The Hall–Kier alpha value is -1.55. The number of aromatic hydroxyl groups is 1. The number of carbonyl (C=O) groups is 1. The SMILES string of the molecule is Cc1ccc(CC(=O)NC(CCO)C(C)C)cc1O. The van der Waals surface area contributed by atoms with Crippen molar-refractivity contribution in [2.24, 2.45) is 5.92 Å². The normalized spacial score (nSPS) is 12.5. The molecule has 0 aromatic heterocycles. The van der Waals surface area contributed by atoms with Crippen LogP contribution in [0.3, 0.4) is 0 Å². The molecular formula is C15H23NO3. The molecule has 0 aliphatic heterocycles. The zero-order valence-corrected chi connectivity index (χ0v) is 11.8. The van der Waals surface area contributed by atoms with Crippen LogP contribution in [0.4, 0.5) is 0 Å². The first kappa shape index (κ1) is 15.5. The molecule has 4 nitrogen and oxygen atoms in total. The molecule has 0 heterocycles. The van der Waals surface area contributed by atoms with E-state index in [4.69, 9.17) is 5.11 Å². The minimum absolute atomic E-state index is 0.0171. The van der Waals surface area contributed by atoms with E-state index in [0.29, 0.717) is 6.42 Å². The second-order valence-electron chi connectivity index (χ2n) is 5.23. The summed E-state index contributed by atoms with van der Waals surface area (Å²) in [5, 5.41) is 21.5. The molecule has 1 amide bonds. The molecular weight excluding hydrogens is 242 g/mol. The smallest absolute Gasteiger partial charge is 0.224 e. The Labute approximate surface area is 114 Å². The monoisotopic (exact) mass is 265 g/mol. The van der Waals surface area contributed by atoms with E-state index in [1.807, 2.05) is 26.8 Å². The molecule has 0 aliphatic carbocycles. The van der Waals surface area contributed by atoms with Crippen LogP contribution in [0.15, 0.2) is 18.2 Å². The quantitative estimate of drug-likeness (QED) is 0.734. The molecule has 4 heteroatoms. The highest BCUT2D eigenvalue weighted by Gasteiger charge is 2.15. The van der Waals surface area contributed by atoms with Gasteiger partial charge in [-0.05, 0) is 36.5 Å². The van der Waals surface area contributed by atoms with Crippen LogP contribution in [0.5, 0.6) is 5.75 Å². The second kappa shape index (κ2) is 7.14. The van der Waals surface area contributed by atoms with Crippen LogP contribution in [0.2, 0.25) is 0 Å². The van der Waals surface area contributed by atoms with Crippen LogP contribution in [0.25, 0.3) is 0 Å². The van der Waals surface area contributed by atoms with Crippen molar-refractivity contribution in [1.29, 1.82) is 0 Å². The van der Waals surface area contributed by atoms with E-state index in [1.165, 1.54) is 0 Å². The van der Waals surface area contributed by atoms with Gasteiger partial charge in [0.25, 0.3) is 0 Å². The van der Waals surface area contributed by atoms with Gasteiger partial charge < -0.3 is 15.5 Å². The molecule has 1 aromatic carbocycles. The summed E-state index contributed by atoms with van der Waals surface area (Å²) in [7, 11) is 0. The van der Waals surface area contributed by atoms with Gasteiger partial charge >= 0.3 is 0 Å². The largest absolute Gasteiger partial charge is 0.508 e. The topological polar surface area (TPSA) is 69.6 Å². The van der Waals surface area contributed by atoms with E-state index in [9.17, 15) is 9.90 Å². The molecule has 0 saturated carbocycles. The summed E-state index contributed by atoms with van der Waals surface area (Å²) in [4.78, 5) is 11.9. The zero-order valence-electron chi connectivity index (χ0n) is 11.8. The minimum atomic E-state index is -0.0876. The van der Waals surface area contributed by atoms with Crippen molar-refractivity contribution in [3.63, 3.8) is 0 Å². The summed E-state index contributed by atoms with van der Waals surface area (Å²) in [6.07, 6.45) is 0.797. The van der Waals surface area contributed by atoms with Gasteiger partial charge in [0, 0.05) is 12.6 Å². The van der Waals surface area contributed by atoms with Gasteiger partial charge in [0.1, 0.15) is 5.75 Å². The number of hydrogen-bond acceptors (Lipinski definition) is 3. The van der Waals surface area contributed by atoms with Gasteiger partial charge in [-0.1, -0.05) is 26.0 Å². The lowest BCUT2D eigenvalue weighted by atomic mass is 10.0. The number of aliphatic hydroxyl groups excluding tert-OH is 1. The van der Waals surface area contributed by atoms with E-state index < -0.39 is 0 Å². The maximum atomic E-state index is 11.9. The van der Waals surface area contributed by atoms with E-state index >= 15 is 0 Å². The second-order valence-corrected chi connectivity index (χ2v) is 5.23. The first-order chi connectivity index (χ1) is 8.93. The highest BCUT2D eigenvalue weighted by molar-refractivity contribution is 5.79. The molecule has 3 N–H and O–H groups in total. The number of hydrogen-bond donors (Lipinski definition) is 3. The Bertz CT molecular complexity index is 429. The van der Waals surface area contributed by atoms with Gasteiger partial charge in [-0.3, -0.25) is 4.79 Å². The molecule has 0 fully saturated rings. The number of benzene rings is 1. The predicted octanol–water partition coefficient (Wildman–Crippen LogP) is 1.77. The Kier molecular flexibility index (Phi) is 5.83. The van der Waals surface area contributed by atoms with Gasteiger partial charge in [-0.25, -0.2) is 0 Å². The summed E-state index contributed by atoms with van der Waals surface area (Å²) in [6, 6.07) is 5.23. The summed E-state index contributed by atoms with van der Waals surface area (Å²) in [5.74, 6) is 0.402. The molecule has 1 rings (SSSR count). The molecule has 1 unspecified atom stereocenters. The van der Waals surface area contributed by atoms with Crippen molar-refractivity contribution in [3.05, 3.63) is 29.3 Å². The number of phenolic OH excluding ortho intramolecular Hbond substituents is 1. The van der Waals surface area contributed by atoms with E-state index in [2.05, 4.69) is 5.32 Å². The zero-order chi connectivity index (χ0) is 14.4. The Balaban J connectivity index is 2.61. The molecule has 0 saturated heterocycles. The number of phenols is 1. The van der Waals surface area contributed by atoms with Gasteiger partial charge in [0.05, 0.1) is 6.42 Å². The Morgan fingerprint density at radius 3 is 2.58 bits per heavy atom. The van der Waals surface area contributed by atoms with E-state index in [1.54, 1.807) is 12.1 Å². The highest BCUT2D eigenvalue weighted by Crippen LogP contribution is 2.17. The number of amides is 1. The van der Waals surface area contributed by atoms with Gasteiger partial charge in [0.15, 0.2) is 0 Å². The average Bonchev–Trinajstić information content (AvgIpc) is 2.33. The molecule has 0 aliphatic rings. The van der Waals surface area contributed by atoms with Gasteiger partial charge in [0.2, 0.25) is 5.91 Å². The van der Waals surface area contributed by atoms with E-state index in [-0.39, 0.29) is 36.6 Å². The maximum Gasteiger partial charge on any atom is 0.224 e. The maximum absolute atomic E-state index is 11.9. The first-order valence-electron chi connectivity index (χ1n) is 6.62. The molecule has 1 atom stereocenters. The van der Waals surface area contributed by atoms with Crippen LogP contribution in [0, 0.1) is 12.8 Å². The standard InChI is InChI=1S/C15H23NO3/c1-10(2)13(6-7-17)16-15(19)9-12-5-4-11(3)14(18)8-12/h4-5,8,10,13,17-18H,6-7,9H2,1-3H3,(H,16,19). The Morgan fingerprint density at radius 2 is 2.05 bits per heavy atom. The van der Waals surface area contributed by atoms with Crippen molar-refractivity contribution in [2.75, 3.05) is 6.61 Å². The highest BCUT2D eigenvalue weighted by atomic mass is 16.3. The fraction of sp³-hybridized carbons (Fsp3) is 0.533. The fourth-order valence-corrected chi connectivity index (χ4v) is 1.92. The summed E-state index contributed by atoms with van der Waals surface area (Å²) in [6.45, 7) is 5.90. The minimum Gasteiger partial charge on any atom is -0.508 e. The lowest BCUT2D eigenvalue weighted by Crippen LogP contribution is -2.40. The Morgan fingerprint density at radius 1 is 1.37 bits per heavy atom. The van der Waals surface area contributed by atoms with Gasteiger partial charge in [-0.2, -0.15) is 0 Å². The number of nitrogens with one attached hydrogen (secondary N) is 1. The lowest BCUT2D eigenvalue weighted by Gasteiger charge is -2.21. The lowest BCUT2D eigenvalue weighted by molar-refractivity contribution is -0.121. The molecule has 106 valence electrons. The molecule has 0 spiro atoms. The van der Waals surface area contributed by atoms with E-state index in [0.717, 1.165) is 11.1 Å². The van der Waals surface area contributed by atoms with Crippen LogP contribution >= 0.6 is 0 Å². The summed E-state index contributed by atoms with van der Waals surface area (Å²) < 4.78 is 0. The van der Waals surface area contributed by atoms with Crippen LogP contribution in [-0.2, 0) is 11.2 Å². The van der Waals surface area contributed by atoms with Crippen molar-refractivity contribution in [1.82, 2.24) is 5.32 Å². The van der Waals surface area contributed by atoms with Gasteiger partial charge in [-0.15, -0.1) is 0 Å². The predicted molar refractivity (Wildman–Crippen MR) is 75.0 cm³/mol. The average molecular weight is 265 g/mol. The third-order valence-corrected chi connectivity index (χ3v) is 3.23. The third kappa shape index (κ3) is 4.91. The van der Waals surface area contributed by atoms with Crippen LogP contribution in [-0.4, -0.2) is 28.8 Å². The number of aliphatic hydroxyl groups is 1. The molecule has 0 radical (unpaired) electrons. The third-order valence-electron chi connectivity index (χ3n) is 3.23. The summed E-state index contributed by atoms with van der Waals surface area (Å²) in [5.41, 5.74) is 1.58.